The molecule has 0 unspecified atom stereocenters. The molecule has 3 heterocycles. The molecule has 1 aromatic rings. The third kappa shape index (κ3) is 4.34. The molecule has 0 atom stereocenters. The molecular weight excluding hydrogens is 276 g/mol. The van der Waals surface area contributed by atoms with Crippen LogP contribution in [0.5, 0.6) is 0 Å². The van der Waals surface area contributed by atoms with E-state index in [0.29, 0.717) is 0 Å². The van der Waals surface area contributed by atoms with E-state index in [-0.39, 0.29) is 0 Å². The molecule has 2 aliphatic rings. The molecule has 0 aliphatic carbocycles. The standard InChI is InChI=1S/C18H30N2O2/c1-15-3-4-18(22-15)14-20-9-5-16(6-10-20)13-19(2)17-7-11-21-12-8-17/h3-4,16-17H,5-14H2,1-2H3. The van der Waals surface area contributed by atoms with Gasteiger partial charge in [0.15, 0.2) is 0 Å². The van der Waals surface area contributed by atoms with Gasteiger partial charge in [0, 0.05) is 25.8 Å². The van der Waals surface area contributed by atoms with Crippen molar-refractivity contribution in [2.75, 3.05) is 39.9 Å². The lowest BCUT2D eigenvalue weighted by Crippen LogP contribution is -2.42. The first-order chi connectivity index (χ1) is 10.7. The SMILES string of the molecule is Cc1ccc(CN2CCC(CN(C)C3CCOCC3)CC2)o1. The van der Waals surface area contributed by atoms with Gasteiger partial charge in [-0.2, -0.15) is 0 Å². The van der Waals surface area contributed by atoms with E-state index < -0.39 is 0 Å². The average Bonchev–Trinajstić information content (AvgIpc) is 2.95. The van der Waals surface area contributed by atoms with Crippen molar-refractivity contribution in [2.45, 2.75) is 45.2 Å². The summed E-state index contributed by atoms with van der Waals surface area (Å²) < 4.78 is 11.2. The van der Waals surface area contributed by atoms with Crippen LogP contribution in [0.25, 0.3) is 0 Å². The van der Waals surface area contributed by atoms with E-state index in [1.807, 2.05) is 6.92 Å². The molecule has 4 heteroatoms. The second-order valence-corrected chi connectivity index (χ2v) is 7.02. The van der Waals surface area contributed by atoms with E-state index in [0.717, 1.165) is 43.2 Å². The number of rotatable bonds is 5. The molecule has 0 amide bonds. The summed E-state index contributed by atoms with van der Waals surface area (Å²) >= 11 is 0. The Hall–Kier alpha value is -0.840. The molecule has 2 saturated heterocycles. The van der Waals surface area contributed by atoms with Crippen molar-refractivity contribution in [1.29, 1.82) is 0 Å². The Morgan fingerprint density at radius 1 is 1.14 bits per heavy atom. The zero-order valence-electron chi connectivity index (χ0n) is 14.1. The van der Waals surface area contributed by atoms with Crippen LogP contribution in [0.1, 0.15) is 37.2 Å². The number of aryl methyl sites for hydroxylation is 1. The van der Waals surface area contributed by atoms with E-state index in [1.165, 1.54) is 45.3 Å². The molecule has 0 N–H and O–H groups in total. The van der Waals surface area contributed by atoms with Crippen LogP contribution in [0.15, 0.2) is 16.5 Å². The molecule has 124 valence electrons. The zero-order valence-corrected chi connectivity index (χ0v) is 14.1. The first kappa shape index (κ1) is 16.0. The summed E-state index contributed by atoms with van der Waals surface area (Å²) in [4.78, 5) is 5.11. The Balaban J connectivity index is 1.39. The fourth-order valence-electron chi connectivity index (χ4n) is 3.80. The molecule has 0 bridgehead atoms. The minimum atomic E-state index is 0.734. The first-order valence-electron chi connectivity index (χ1n) is 8.76. The molecular formula is C18H30N2O2. The Labute approximate surface area is 134 Å². The number of ether oxygens (including phenoxy) is 1. The Morgan fingerprint density at radius 2 is 1.86 bits per heavy atom. The predicted molar refractivity (Wildman–Crippen MR) is 87.9 cm³/mol. The maximum Gasteiger partial charge on any atom is 0.118 e. The topological polar surface area (TPSA) is 28.9 Å². The van der Waals surface area contributed by atoms with Crippen molar-refractivity contribution in [3.05, 3.63) is 23.7 Å². The van der Waals surface area contributed by atoms with Crippen LogP contribution >= 0.6 is 0 Å². The fourth-order valence-corrected chi connectivity index (χ4v) is 3.80. The van der Waals surface area contributed by atoms with Gasteiger partial charge in [-0.1, -0.05) is 0 Å². The number of hydrogen-bond donors (Lipinski definition) is 0. The van der Waals surface area contributed by atoms with Gasteiger partial charge in [0.1, 0.15) is 11.5 Å². The van der Waals surface area contributed by atoms with Crippen LogP contribution in [-0.2, 0) is 11.3 Å². The Kier molecular flexibility index (Phi) is 5.55. The van der Waals surface area contributed by atoms with Crippen molar-refractivity contribution >= 4 is 0 Å². The van der Waals surface area contributed by atoms with E-state index in [2.05, 4.69) is 29.0 Å². The van der Waals surface area contributed by atoms with Crippen LogP contribution in [0.2, 0.25) is 0 Å². The molecule has 0 aromatic carbocycles. The summed E-state index contributed by atoms with van der Waals surface area (Å²) in [6, 6.07) is 4.91. The van der Waals surface area contributed by atoms with Gasteiger partial charge in [0.2, 0.25) is 0 Å². The van der Waals surface area contributed by atoms with E-state index >= 15 is 0 Å². The highest BCUT2D eigenvalue weighted by atomic mass is 16.5. The molecule has 4 nitrogen and oxygen atoms in total. The lowest BCUT2D eigenvalue weighted by molar-refractivity contribution is 0.0331. The lowest BCUT2D eigenvalue weighted by Gasteiger charge is -2.37. The van der Waals surface area contributed by atoms with Gasteiger partial charge in [-0.15, -0.1) is 0 Å². The van der Waals surface area contributed by atoms with Crippen molar-refractivity contribution in [1.82, 2.24) is 9.80 Å². The molecule has 0 radical (unpaired) electrons. The first-order valence-corrected chi connectivity index (χ1v) is 8.76. The quantitative estimate of drug-likeness (QED) is 0.836. The Bertz CT molecular complexity index is 446. The third-order valence-electron chi connectivity index (χ3n) is 5.24. The van der Waals surface area contributed by atoms with Crippen LogP contribution in [-0.4, -0.2) is 55.7 Å². The normalized spacial score (nSPS) is 22.5. The van der Waals surface area contributed by atoms with Crippen molar-refractivity contribution in [2.24, 2.45) is 5.92 Å². The molecule has 2 aliphatic heterocycles. The van der Waals surface area contributed by atoms with Crippen LogP contribution in [0.3, 0.4) is 0 Å². The molecule has 2 fully saturated rings. The van der Waals surface area contributed by atoms with E-state index in [4.69, 9.17) is 9.15 Å². The average molecular weight is 306 g/mol. The van der Waals surface area contributed by atoms with Gasteiger partial charge in [-0.25, -0.2) is 0 Å². The third-order valence-corrected chi connectivity index (χ3v) is 5.24. The molecule has 22 heavy (non-hydrogen) atoms. The van der Waals surface area contributed by atoms with E-state index in [9.17, 15) is 0 Å². The molecule has 0 spiro atoms. The summed E-state index contributed by atoms with van der Waals surface area (Å²) in [7, 11) is 2.30. The Morgan fingerprint density at radius 3 is 2.50 bits per heavy atom. The monoisotopic (exact) mass is 306 g/mol. The van der Waals surface area contributed by atoms with Crippen molar-refractivity contribution < 1.29 is 9.15 Å². The minimum Gasteiger partial charge on any atom is -0.465 e. The summed E-state index contributed by atoms with van der Waals surface area (Å²) in [6.45, 7) is 8.51. The van der Waals surface area contributed by atoms with Crippen LogP contribution < -0.4 is 0 Å². The molecule has 1 aromatic heterocycles. The highest BCUT2D eigenvalue weighted by Crippen LogP contribution is 2.22. The summed E-state index contributed by atoms with van der Waals surface area (Å²) in [5.41, 5.74) is 0. The van der Waals surface area contributed by atoms with Gasteiger partial charge < -0.3 is 14.1 Å². The molecule has 0 saturated carbocycles. The zero-order chi connectivity index (χ0) is 15.4. The smallest absolute Gasteiger partial charge is 0.118 e. The minimum absolute atomic E-state index is 0.734. The number of nitrogens with zero attached hydrogens (tertiary/aromatic N) is 2. The summed E-state index contributed by atoms with van der Waals surface area (Å²) in [6.07, 6.45) is 5.03. The number of likely N-dealkylation sites (tertiary alicyclic amines) is 1. The van der Waals surface area contributed by atoms with Gasteiger partial charge in [0.05, 0.1) is 6.54 Å². The second-order valence-electron chi connectivity index (χ2n) is 7.02. The van der Waals surface area contributed by atoms with Gasteiger partial charge in [-0.3, -0.25) is 4.90 Å². The van der Waals surface area contributed by atoms with Gasteiger partial charge in [-0.05, 0) is 70.8 Å². The summed E-state index contributed by atoms with van der Waals surface area (Å²) in [5.74, 6) is 2.97. The lowest BCUT2D eigenvalue weighted by atomic mass is 9.95. The summed E-state index contributed by atoms with van der Waals surface area (Å²) in [5, 5.41) is 0. The van der Waals surface area contributed by atoms with Crippen molar-refractivity contribution in [3.63, 3.8) is 0 Å². The maximum atomic E-state index is 5.70. The maximum absolute atomic E-state index is 5.70. The molecule has 3 rings (SSSR count). The highest BCUT2D eigenvalue weighted by molar-refractivity contribution is 5.05. The number of hydrogen-bond acceptors (Lipinski definition) is 4. The number of piperidine rings is 1. The number of furan rings is 1. The largest absolute Gasteiger partial charge is 0.465 e. The second kappa shape index (κ2) is 7.62. The van der Waals surface area contributed by atoms with Gasteiger partial charge in [0.25, 0.3) is 0 Å². The van der Waals surface area contributed by atoms with Crippen LogP contribution in [0.4, 0.5) is 0 Å². The van der Waals surface area contributed by atoms with Crippen molar-refractivity contribution in [3.8, 4) is 0 Å². The highest BCUT2D eigenvalue weighted by Gasteiger charge is 2.24. The fraction of sp³-hybridized carbons (Fsp3) is 0.778. The van der Waals surface area contributed by atoms with E-state index in [1.54, 1.807) is 0 Å². The van der Waals surface area contributed by atoms with Crippen LogP contribution in [0, 0.1) is 12.8 Å². The van der Waals surface area contributed by atoms with Gasteiger partial charge >= 0.3 is 0 Å². The predicted octanol–water partition coefficient (Wildman–Crippen LogP) is 2.91.